The molecule has 1 N–H and O–H groups in total. The van der Waals surface area contributed by atoms with Crippen LogP contribution in [0.25, 0.3) is 0 Å². The number of carbonyl (C=O) groups is 2. The van der Waals surface area contributed by atoms with Crippen molar-refractivity contribution >= 4 is 50.7 Å². The van der Waals surface area contributed by atoms with E-state index in [0.29, 0.717) is 21.4 Å². The smallest absolute Gasteiger partial charge is 0.264 e. The summed E-state index contributed by atoms with van der Waals surface area (Å²) in [5.74, 6) is -0.431. The topological polar surface area (TPSA) is 96.0 Å². The van der Waals surface area contributed by atoms with Crippen molar-refractivity contribution in [2.24, 2.45) is 0 Å². The molecule has 1 aliphatic carbocycles. The first-order chi connectivity index (χ1) is 20.0. The average molecular weight is 633 g/mol. The number of carbonyl (C=O) groups excluding carboxylic acids is 2. The molecule has 2 amide bonds. The third-order valence-electron chi connectivity index (χ3n) is 7.43. The molecule has 1 aliphatic rings. The quantitative estimate of drug-likeness (QED) is 0.281. The zero-order valence-corrected chi connectivity index (χ0v) is 26.2. The fourth-order valence-corrected chi connectivity index (χ4v) is 6.67. The van der Waals surface area contributed by atoms with Gasteiger partial charge >= 0.3 is 0 Å². The minimum atomic E-state index is -4.18. The first kappa shape index (κ1) is 31.7. The normalized spacial score (nSPS) is 14.3. The number of hydrogen-bond acceptors (Lipinski definition) is 5. The lowest BCUT2D eigenvalue weighted by Crippen LogP contribution is -2.52. The van der Waals surface area contributed by atoms with Crippen LogP contribution in [0.2, 0.25) is 10.0 Å². The number of sulfonamides is 1. The fourth-order valence-electron chi connectivity index (χ4n) is 4.94. The van der Waals surface area contributed by atoms with E-state index in [1.165, 1.54) is 24.1 Å². The van der Waals surface area contributed by atoms with Crippen LogP contribution in [0.1, 0.15) is 43.7 Å². The second-order valence-corrected chi connectivity index (χ2v) is 13.1. The molecule has 3 aromatic carbocycles. The van der Waals surface area contributed by atoms with Gasteiger partial charge in [0, 0.05) is 18.7 Å². The number of nitrogens with one attached hydrogen (secondary N) is 1. The lowest BCUT2D eigenvalue weighted by atomic mass is 10.1. The monoisotopic (exact) mass is 631 g/mol. The minimum absolute atomic E-state index is 0.0194. The van der Waals surface area contributed by atoms with E-state index >= 15 is 0 Å². The van der Waals surface area contributed by atoms with Crippen LogP contribution in [-0.2, 0) is 26.2 Å². The Labute approximate surface area is 257 Å². The van der Waals surface area contributed by atoms with Gasteiger partial charge in [-0.2, -0.15) is 0 Å². The molecule has 0 aromatic heterocycles. The third kappa shape index (κ3) is 7.56. The molecule has 0 heterocycles. The highest BCUT2D eigenvalue weighted by Gasteiger charge is 2.33. The summed E-state index contributed by atoms with van der Waals surface area (Å²) in [7, 11) is -2.70. The van der Waals surface area contributed by atoms with Gasteiger partial charge in [0.25, 0.3) is 10.0 Å². The summed E-state index contributed by atoms with van der Waals surface area (Å²) < 4.78 is 34.3. The van der Waals surface area contributed by atoms with Crippen molar-refractivity contribution in [3.8, 4) is 5.75 Å². The van der Waals surface area contributed by atoms with Crippen LogP contribution in [0.15, 0.2) is 71.6 Å². The number of hydrogen-bond donors (Lipinski definition) is 1. The standard InChI is InChI=1S/C31H35Cl2N3O5S/c1-21-11-14-27(15-12-21)42(39,40)36(25-9-6-10-26(18-25)41-3)20-30(37)35(19-23-13-16-28(32)29(33)17-23)22(2)31(38)34-24-7-4-5-8-24/h6,9-18,22,24H,4-5,7-8,19-20H2,1-3H3,(H,34,38)/t22-/m1/s1. The van der Waals surface area contributed by atoms with Gasteiger partial charge in [0.05, 0.1) is 27.7 Å². The van der Waals surface area contributed by atoms with Gasteiger partial charge in [-0.25, -0.2) is 8.42 Å². The van der Waals surface area contributed by atoms with Crippen molar-refractivity contribution in [3.63, 3.8) is 0 Å². The number of anilines is 1. The second-order valence-electron chi connectivity index (χ2n) is 10.5. The van der Waals surface area contributed by atoms with E-state index in [-0.39, 0.29) is 29.1 Å². The van der Waals surface area contributed by atoms with Crippen molar-refractivity contribution in [2.75, 3.05) is 18.0 Å². The summed E-state index contributed by atoms with van der Waals surface area (Å²) in [6.45, 7) is 2.97. The fraction of sp³-hybridized carbons (Fsp3) is 0.355. The molecule has 3 aromatic rings. The Morgan fingerprint density at radius 2 is 1.69 bits per heavy atom. The van der Waals surface area contributed by atoms with Crippen LogP contribution in [0.4, 0.5) is 5.69 Å². The van der Waals surface area contributed by atoms with Crippen molar-refractivity contribution in [2.45, 2.75) is 63.1 Å². The molecule has 0 radical (unpaired) electrons. The zero-order valence-electron chi connectivity index (χ0n) is 23.8. The van der Waals surface area contributed by atoms with E-state index in [2.05, 4.69) is 5.32 Å². The van der Waals surface area contributed by atoms with Crippen molar-refractivity contribution in [1.82, 2.24) is 10.2 Å². The zero-order chi connectivity index (χ0) is 30.4. The Balaban J connectivity index is 1.71. The maximum Gasteiger partial charge on any atom is 0.264 e. The Bertz CT molecular complexity index is 1530. The Hall–Kier alpha value is -3.27. The summed E-state index contributed by atoms with van der Waals surface area (Å²) >= 11 is 12.4. The minimum Gasteiger partial charge on any atom is -0.497 e. The van der Waals surface area contributed by atoms with Crippen molar-refractivity contribution in [3.05, 3.63) is 87.9 Å². The molecule has 1 saturated carbocycles. The average Bonchev–Trinajstić information content (AvgIpc) is 3.49. The molecule has 8 nitrogen and oxygen atoms in total. The number of ether oxygens (including phenoxy) is 1. The van der Waals surface area contributed by atoms with E-state index in [1.54, 1.807) is 61.5 Å². The number of halogens is 2. The van der Waals surface area contributed by atoms with Crippen LogP contribution in [-0.4, -0.2) is 50.9 Å². The summed E-state index contributed by atoms with van der Waals surface area (Å²) in [6, 6.07) is 17.0. The number of methoxy groups -OCH3 is 1. The maximum absolute atomic E-state index is 14.1. The third-order valence-corrected chi connectivity index (χ3v) is 9.96. The van der Waals surface area contributed by atoms with Crippen LogP contribution in [0.5, 0.6) is 5.75 Å². The molecule has 0 bridgehead atoms. The molecular formula is C31H35Cl2N3O5S. The van der Waals surface area contributed by atoms with E-state index in [1.807, 2.05) is 6.92 Å². The molecular weight excluding hydrogens is 597 g/mol. The second kappa shape index (κ2) is 13.8. The first-order valence-corrected chi connectivity index (χ1v) is 16.0. The molecule has 42 heavy (non-hydrogen) atoms. The predicted octanol–water partition coefficient (Wildman–Crippen LogP) is 5.98. The number of nitrogens with zero attached hydrogens (tertiary/aromatic N) is 2. The molecule has 0 spiro atoms. The highest BCUT2D eigenvalue weighted by Crippen LogP contribution is 2.29. The predicted molar refractivity (Wildman–Crippen MR) is 166 cm³/mol. The summed E-state index contributed by atoms with van der Waals surface area (Å²) in [5, 5.41) is 3.72. The van der Waals surface area contributed by atoms with Crippen LogP contribution < -0.4 is 14.4 Å². The van der Waals surface area contributed by atoms with Gasteiger partial charge in [-0.05, 0) is 68.7 Å². The Morgan fingerprint density at radius 3 is 2.33 bits per heavy atom. The lowest BCUT2D eigenvalue weighted by molar-refractivity contribution is -0.139. The van der Waals surface area contributed by atoms with E-state index in [4.69, 9.17) is 27.9 Å². The van der Waals surface area contributed by atoms with Crippen LogP contribution in [0, 0.1) is 6.92 Å². The number of aryl methyl sites for hydroxylation is 1. The summed E-state index contributed by atoms with van der Waals surface area (Å²) in [4.78, 5) is 28.9. The summed E-state index contributed by atoms with van der Waals surface area (Å²) in [6.07, 6.45) is 3.85. The largest absolute Gasteiger partial charge is 0.497 e. The molecule has 4 rings (SSSR count). The Kier molecular flexibility index (Phi) is 10.4. The first-order valence-electron chi connectivity index (χ1n) is 13.8. The van der Waals surface area contributed by atoms with E-state index < -0.39 is 28.5 Å². The number of amides is 2. The van der Waals surface area contributed by atoms with Crippen LogP contribution >= 0.6 is 23.2 Å². The highest BCUT2D eigenvalue weighted by molar-refractivity contribution is 7.92. The van der Waals surface area contributed by atoms with Gasteiger partial charge in [0.15, 0.2) is 0 Å². The van der Waals surface area contributed by atoms with E-state index in [9.17, 15) is 18.0 Å². The van der Waals surface area contributed by atoms with Gasteiger partial charge in [-0.1, -0.05) is 65.9 Å². The van der Waals surface area contributed by atoms with Gasteiger partial charge < -0.3 is 15.0 Å². The molecule has 1 fully saturated rings. The number of rotatable bonds is 11. The van der Waals surface area contributed by atoms with Gasteiger partial charge in [0.2, 0.25) is 11.8 Å². The molecule has 1 atom stereocenters. The molecule has 0 aliphatic heterocycles. The van der Waals surface area contributed by atoms with Crippen molar-refractivity contribution in [1.29, 1.82) is 0 Å². The summed E-state index contributed by atoms with van der Waals surface area (Å²) in [5.41, 5.74) is 1.79. The van der Waals surface area contributed by atoms with Crippen molar-refractivity contribution < 1.29 is 22.7 Å². The maximum atomic E-state index is 14.1. The highest BCUT2D eigenvalue weighted by atomic mass is 35.5. The SMILES string of the molecule is COc1cccc(N(CC(=O)N(Cc2ccc(Cl)c(Cl)c2)[C@H](C)C(=O)NC2CCCC2)S(=O)(=O)c2ccc(C)cc2)c1. The Morgan fingerprint density at radius 1 is 1.00 bits per heavy atom. The van der Waals surface area contributed by atoms with E-state index in [0.717, 1.165) is 35.6 Å². The molecule has 0 saturated heterocycles. The lowest BCUT2D eigenvalue weighted by Gasteiger charge is -2.32. The molecule has 11 heteroatoms. The van der Waals surface area contributed by atoms with Gasteiger partial charge in [0.1, 0.15) is 18.3 Å². The molecule has 224 valence electrons. The van der Waals surface area contributed by atoms with Gasteiger partial charge in [-0.3, -0.25) is 13.9 Å². The molecule has 0 unspecified atom stereocenters. The number of benzene rings is 3. The van der Waals surface area contributed by atoms with Crippen LogP contribution in [0.3, 0.4) is 0 Å². The van der Waals surface area contributed by atoms with Gasteiger partial charge in [-0.15, -0.1) is 0 Å².